The molecule has 3 unspecified atom stereocenters. The molecule has 1 aliphatic carbocycles. The van der Waals surface area contributed by atoms with Gasteiger partial charge in [0.25, 0.3) is 0 Å². The van der Waals surface area contributed by atoms with E-state index in [-0.39, 0.29) is 6.10 Å². The minimum Gasteiger partial charge on any atom is -0.393 e. The van der Waals surface area contributed by atoms with Crippen LogP contribution in [0.3, 0.4) is 0 Å². The van der Waals surface area contributed by atoms with Crippen LogP contribution in [-0.4, -0.2) is 11.2 Å². The number of aliphatic hydroxyl groups excluding tert-OH is 1. The van der Waals surface area contributed by atoms with Gasteiger partial charge in [0.1, 0.15) is 0 Å². The first-order valence-electron chi connectivity index (χ1n) is 6.10. The van der Waals surface area contributed by atoms with E-state index in [4.69, 9.17) is 0 Å². The smallest absolute Gasteiger partial charge is 0.0572 e. The maximum Gasteiger partial charge on any atom is 0.0572 e. The Morgan fingerprint density at radius 3 is 2.94 bits per heavy atom. The van der Waals surface area contributed by atoms with Crippen molar-refractivity contribution in [1.29, 1.82) is 0 Å². The Morgan fingerprint density at radius 2 is 2.31 bits per heavy atom. The molecule has 1 fully saturated rings. The van der Waals surface area contributed by atoms with Crippen LogP contribution in [0.4, 0.5) is 0 Å². The van der Waals surface area contributed by atoms with E-state index < -0.39 is 0 Å². The van der Waals surface area contributed by atoms with Gasteiger partial charge >= 0.3 is 0 Å². The van der Waals surface area contributed by atoms with Crippen LogP contribution >= 0.6 is 27.3 Å². The first-order chi connectivity index (χ1) is 7.70. The minimum absolute atomic E-state index is 0.0863. The lowest BCUT2D eigenvalue weighted by molar-refractivity contribution is 0.0478. The van der Waals surface area contributed by atoms with Gasteiger partial charge in [0.2, 0.25) is 0 Å². The van der Waals surface area contributed by atoms with Crippen LogP contribution in [0.2, 0.25) is 0 Å². The molecule has 0 amide bonds. The number of halogens is 1. The third-order valence-corrected chi connectivity index (χ3v) is 5.72. The van der Waals surface area contributed by atoms with Gasteiger partial charge in [0.15, 0.2) is 0 Å². The summed E-state index contributed by atoms with van der Waals surface area (Å²) in [7, 11) is 0. The molecule has 1 nitrogen and oxygen atoms in total. The highest BCUT2D eigenvalue weighted by Gasteiger charge is 2.28. The second kappa shape index (κ2) is 5.65. The molecule has 0 spiro atoms. The van der Waals surface area contributed by atoms with Crippen molar-refractivity contribution in [2.24, 2.45) is 11.8 Å². The minimum atomic E-state index is -0.0863. The predicted octanol–water partition coefficient (Wildman–Crippen LogP) is 4.24. The third kappa shape index (κ3) is 2.88. The lowest BCUT2D eigenvalue weighted by Gasteiger charge is -2.32. The van der Waals surface area contributed by atoms with E-state index >= 15 is 0 Å². The quantitative estimate of drug-likeness (QED) is 0.885. The number of rotatable bonds is 3. The molecule has 1 saturated carbocycles. The molecule has 1 aromatic rings. The highest BCUT2D eigenvalue weighted by atomic mass is 79.9. The Kier molecular flexibility index (Phi) is 4.45. The van der Waals surface area contributed by atoms with Crippen LogP contribution in [0.1, 0.15) is 37.5 Å². The first-order valence-corrected chi connectivity index (χ1v) is 7.78. The highest BCUT2D eigenvalue weighted by molar-refractivity contribution is 9.10. The van der Waals surface area contributed by atoms with Crippen molar-refractivity contribution in [3.8, 4) is 0 Å². The summed E-state index contributed by atoms with van der Waals surface area (Å²) in [6.45, 7) is 2.26. The fourth-order valence-electron chi connectivity index (χ4n) is 2.64. The standard InChI is InChI=1S/C13H19BrOS/c1-2-9-3-4-12(15)10(7-9)8-13-11(14)5-6-16-13/h5-6,9-10,12,15H,2-4,7-8H2,1H3. The molecule has 1 N–H and O–H groups in total. The third-order valence-electron chi connectivity index (χ3n) is 3.77. The van der Waals surface area contributed by atoms with Gasteiger partial charge in [-0.3, -0.25) is 0 Å². The molecule has 0 aromatic carbocycles. The zero-order chi connectivity index (χ0) is 11.5. The van der Waals surface area contributed by atoms with Crippen LogP contribution in [0, 0.1) is 11.8 Å². The topological polar surface area (TPSA) is 20.2 Å². The predicted molar refractivity (Wildman–Crippen MR) is 72.9 cm³/mol. The maximum absolute atomic E-state index is 10.1. The van der Waals surface area contributed by atoms with Crippen molar-refractivity contribution in [3.63, 3.8) is 0 Å². The zero-order valence-corrected chi connectivity index (χ0v) is 12.1. The average Bonchev–Trinajstić information content (AvgIpc) is 2.68. The van der Waals surface area contributed by atoms with Gasteiger partial charge in [-0.15, -0.1) is 11.3 Å². The molecular weight excluding hydrogens is 284 g/mol. The Bertz CT molecular complexity index is 336. The summed E-state index contributed by atoms with van der Waals surface area (Å²) in [5.74, 6) is 1.29. The summed E-state index contributed by atoms with van der Waals surface area (Å²) in [4.78, 5) is 1.39. The van der Waals surface area contributed by atoms with Crippen LogP contribution < -0.4 is 0 Å². The van der Waals surface area contributed by atoms with Crippen LogP contribution in [0.5, 0.6) is 0 Å². The van der Waals surface area contributed by atoms with Crippen LogP contribution in [0.25, 0.3) is 0 Å². The van der Waals surface area contributed by atoms with E-state index in [1.54, 1.807) is 11.3 Å². The van der Waals surface area contributed by atoms with E-state index in [2.05, 4.69) is 34.3 Å². The number of thiophene rings is 1. The average molecular weight is 303 g/mol. The van der Waals surface area contributed by atoms with Crippen LogP contribution in [0.15, 0.2) is 15.9 Å². The van der Waals surface area contributed by atoms with E-state index in [0.29, 0.717) is 5.92 Å². The van der Waals surface area contributed by atoms with E-state index in [1.807, 2.05) is 0 Å². The number of aliphatic hydroxyl groups is 1. The molecule has 1 aliphatic rings. The molecule has 1 aromatic heterocycles. The highest BCUT2D eigenvalue weighted by Crippen LogP contribution is 2.35. The second-order valence-electron chi connectivity index (χ2n) is 4.81. The monoisotopic (exact) mass is 302 g/mol. The lowest BCUT2D eigenvalue weighted by Crippen LogP contribution is -2.30. The molecule has 3 heteroatoms. The molecule has 0 aliphatic heterocycles. The van der Waals surface area contributed by atoms with E-state index in [9.17, 15) is 5.11 Å². The summed E-state index contributed by atoms with van der Waals surface area (Å²) < 4.78 is 1.21. The zero-order valence-electron chi connectivity index (χ0n) is 9.66. The van der Waals surface area contributed by atoms with Gasteiger partial charge in [-0.25, -0.2) is 0 Å². The second-order valence-corrected chi connectivity index (χ2v) is 6.67. The first kappa shape index (κ1) is 12.6. The molecule has 16 heavy (non-hydrogen) atoms. The van der Waals surface area contributed by atoms with Gasteiger partial charge in [-0.1, -0.05) is 13.3 Å². The summed E-state index contributed by atoms with van der Waals surface area (Å²) in [6, 6.07) is 2.10. The maximum atomic E-state index is 10.1. The Hall–Kier alpha value is 0.140. The van der Waals surface area contributed by atoms with Crippen molar-refractivity contribution in [3.05, 3.63) is 20.8 Å². The van der Waals surface area contributed by atoms with Crippen molar-refractivity contribution in [1.82, 2.24) is 0 Å². The van der Waals surface area contributed by atoms with Gasteiger partial charge in [-0.05, 0) is 64.9 Å². The molecule has 3 atom stereocenters. The normalized spacial score (nSPS) is 30.6. The Balaban J connectivity index is 1.99. The van der Waals surface area contributed by atoms with Gasteiger partial charge in [0.05, 0.1) is 6.10 Å². The number of hydrogen-bond acceptors (Lipinski definition) is 2. The summed E-state index contributed by atoms with van der Waals surface area (Å²) in [5, 5.41) is 12.2. The van der Waals surface area contributed by atoms with Gasteiger partial charge in [-0.2, -0.15) is 0 Å². The number of hydrogen-bond donors (Lipinski definition) is 1. The Morgan fingerprint density at radius 1 is 1.50 bits per heavy atom. The lowest BCUT2D eigenvalue weighted by atomic mass is 9.77. The van der Waals surface area contributed by atoms with Crippen molar-refractivity contribution < 1.29 is 5.11 Å². The van der Waals surface area contributed by atoms with E-state index in [1.165, 1.54) is 28.6 Å². The summed E-state index contributed by atoms with van der Waals surface area (Å²) in [5.41, 5.74) is 0. The molecule has 1 heterocycles. The molecule has 90 valence electrons. The van der Waals surface area contributed by atoms with Crippen molar-refractivity contribution >= 4 is 27.3 Å². The SMILES string of the molecule is CCC1CCC(O)C(Cc2sccc2Br)C1. The van der Waals surface area contributed by atoms with Crippen LogP contribution in [-0.2, 0) is 6.42 Å². The molecule has 2 rings (SSSR count). The molecule has 0 saturated heterocycles. The fraction of sp³-hybridized carbons (Fsp3) is 0.692. The van der Waals surface area contributed by atoms with Crippen molar-refractivity contribution in [2.45, 2.75) is 45.1 Å². The van der Waals surface area contributed by atoms with Gasteiger partial charge < -0.3 is 5.11 Å². The van der Waals surface area contributed by atoms with Gasteiger partial charge in [0, 0.05) is 9.35 Å². The largest absolute Gasteiger partial charge is 0.393 e. The summed E-state index contributed by atoms with van der Waals surface area (Å²) >= 11 is 5.37. The fourth-order valence-corrected chi connectivity index (χ4v) is 4.25. The van der Waals surface area contributed by atoms with E-state index in [0.717, 1.165) is 18.8 Å². The molecular formula is C13H19BrOS. The van der Waals surface area contributed by atoms with Crippen molar-refractivity contribution in [2.75, 3.05) is 0 Å². The molecule has 0 bridgehead atoms. The molecule has 0 radical (unpaired) electrons. The Labute approximate surface area is 110 Å². The summed E-state index contributed by atoms with van der Waals surface area (Å²) in [6.07, 6.45) is 5.61.